The van der Waals surface area contributed by atoms with Crippen molar-refractivity contribution in [1.82, 2.24) is 10.7 Å². The van der Waals surface area contributed by atoms with Crippen molar-refractivity contribution in [2.45, 2.75) is 52.4 Å². The number of hydrogen-bond acceptors (Lipinski definition) is 3. The van der Waals surface area contributed by atoms with Crippen LogP contribution in [0.5, 0.6) is 0 Å². The molecule has 0 spiro atoms. The smallest absolute Gasteiger partial charge is 0.187 e. The van der Waals surface area contributed by atoms with Crippen molar-refractivity contribution in [2.24, 2.45) is 5.10 Å². The second kappa shape index (κ2) is 9.88. The maximum absolute atomic E-state index is 5.18. The van der Waals surface area contributed by atoms with E-state index in [0.29, 0.717) is 18.3 Å². The molecule has 0 aliphatic heterocycles. The molecule has 2 N–H and O–H groups in total. The normalized spacial score (nSPS) is 16.9. The summed E-state index contributed by atoms with van der Waals surface area (Å²) in [6, 6.07) is 0. The van der Waals surface area contributed by atoms with Gasteiger partial charge < -0.3 is 10.1 Å². The number of hydrazone groups is 1. The molecule has 0 aromatic heterocycles. The second-order valence-corrected chi connectivity index (χ2v) is 5.54. The van der Waals surface area contributed by atoms with E-state index in [1.807, 2.05) is 0 Å². The van der Waals surface area contributed by atoms with Gasteiger partial charge >= 0.3 is 0 Å². The number of nitrogens with one attached hydrogen (secondary N) is 2. The van der Waals surface area contributed by atoms with E-state index >= 15 is 0 Å². The Labute approximate surface area is 128 Å². The summed E-state index contributed by atoms with van der Waals surface area (Å²) in [5.74, 6) is 0. The number of nitrogens with zero attached hydrogens (tertiary/aromatic N) is 1. The molecule has 0 saturated heterocycles. The number of ether oxygens (including phenoxy) is 1. The van der Waals surface area contributed by atoms with Gasteiger partial charge in [0.2, 0.25) is 0 Å². The Morgan fingerprint density at radius 3 is 2.85 bits per heavy atom. The van der Waals surface area contributed by atoms with Crippen LogP contribution in [0.15, 0.2) is 16.2 Å². The van der Waals surface area contributed by atoms with Gasteiger partial charge in [-0.15, -0.1) is 0 Å². The van der Waals surface area contributed by atoms with Crippen molar-refractivity contribution < 1.29 is 4.74 Å². The van der Waals surface area contributed by atoms with Crippen molar-refractivity contribution in [3.8, 4) is 0 Å². The van der Waals surface area contributed by atoms with Crippen LogP contribution in [0, 0.1) is 0 Å². The van der Waals surface area contributed by atoms with Crippen LogP contribution in [0.25, 0.3) is 0 Å². The van der Waals surface area contributed by atoms with Crippen molar-refractivity contribution >= 4 is 23.0 Å². The summed E-state index contributed by atoms with van der Waals surface area (Å²) in [5, 5.41) is 8.10. The van der Waals surface area contributed by atoms with Crippen LogP contribution in [-0.4, -0.2) is 31.1 Å². The lowest BCUT2D eigenvalue weighted by molar-refractivity contribution is 0.204. The van der Waals surface area contributed by atoms with Gasteiger partial charge in [0.1, 0.15) is 0 Å². The zero-order valence-corrected chi connectivity index (χ0v) is 13.7. The molecule has 0 unspecified atom stereocenters. The molecule has 0 fully saturated rings. The Bertz CT molecular complexity index is 377. The molecule has 0 saturated carbocycles. The lowest BCUT2D eigenvalue weighted by atomic mass is 10.0. The third-order valence-electron chi connectivity index (χ3n) is 3.51. The number of unbranched alkanes of at least 4 members (excludes halogenated alkanes) is 2. The Morgan fingerprint density at radius 2 is 2.15 bits per heavy atom. The van der Waals surface area contributed by atoms with Crippen LogP contribution >= 0.6 is 12.2 Å². The maximum Gasteiger partial charge on any atom is 0.187 e. The summed E-state index contributed by atoms with van der Waals surface area (Å²) in [7, 11) is 1.67. The SMILES string of the molecule is CCCCCC1=C(C)CC/C1=N/NC(=S)NCCOC. The van der Waals surface area contributed by atoms with Crippen molar-refractivity contribution in [2.75, 3.05) is 20.3 Å². The van der Waals surface area contributed by atoms with Gasteiger partial charge in [0.05, 0.1) is 12.3 Å². The molecule has 0 aromatic carbocycles. The Morgan fingerprint density at radius 1 is 1.35 bits per heavy atom. The number of hydrogen-bond donors (Lipinski definition) is 2. The molecule has 1 aliphatic rings. The molecule has 114 valence electrons. The van der Waals surface area contributed by atoms with E-state index in [1.54, 1.807) is 7.11 Å². The summed E-state index contributed by atoms with van der Waals surface area (Å²) >= 11 is 5.18. The average molecular weight is 297 g/mol. The lowest BCUT2D eigenvalue weighted by Crippen LogP contribution is -2.34. The summed E-state index contributed by atoms with van der Waals surface area (Å²) in [5.41, 5.74) is 7.04. The van der Waals surface area contributed by atoms with Crippen LogP contribution in [0.2, 0.25) is 0 Å². The minimum absolute atomic E-state index is 0.562. The Balaban J connectivity index is 2.44. The molecule has 5 heteroatoms. The Kier molecular flexibility index (Phi) is 8.46. The van der Waals surface area contributed by atoms with Gasteiger partial charge in [-0.25, -0.2) is 0 Å². The van der Waals surface area contributed by atoms with Gasteiger partial charge in [-0.3, -0.25) is 5.43 Å². The van der Waals surface area contributed by atoms with E-state index in [1.165, 1.54) is 36.1 Å². The minimum Gasteiger partial charge on any atom is -0.383 e. The number of methoxy groups -OCH3 is 1. The topological polar surface area (TPSA) is 45.7 Å². The van der Waals surface area contributed by atoms with Gasteiger partial charge in [0, 0.05) is 13.7 Å². The van der Waals surface area contributed by atoms with E-state index in [-0.39, 0.29) is 0 Å². The molecule has 0 radical (unpaired) electrons. The first-order valence-corrected chi connectivity index (χ1v) is 7.88. The van der Waals surface area contributed by atoms with E-state index < -0.39 is 0 Å². The summed E-state index contributed by atoms with van der Waals surface area (Å²) in [6.45, 7) is 5.79. The molecule has 1 aliphatic carbocycles. The number of thiocarbonyl (C=S) groups is 1. The van der Waals surface area contributed by atoms with Crippen molar-refractivity contribution in [3.63, 3.8) is 0 Å². The molecule has 0 aromatic rings. The van der Waals surface area contributed by atoms with E-state index in [0.717, 1.165) is 19.3 Å². The monoisotopic (exact) mass is 297 g/mol. The van der Waals surface area contributed by atoms with Gasteiger partial charge in [0.25, 0.3) is 0 Å². The Hall–Kier alpha value is -0.940. The summed E-state index contributed by atoms with van der Waals surface area (Å²) in [6.07, 6.45) is 7.09. The van der Waals surface area contributed by atoms with Gasteiger partial charge in [-0.1, -0.05) is 25.3 Å². The molecular formula is C15H27N3OS. The summed E-state index contributed by atoms with van der Waals surface area (Å²) in [4.78, 5) is 0. The zero-order chi connectivity index (χ0) is 14.8. The predicted molar refractivity (Wildman–Crippen MR) is 89.1 cm³/mol. The molecular weight excluding hydrogens is 270 g/mol. The average Bonchev–Trinajstić information content (AvgIpc) is 2.78. The van der Waals surface area contributed by atoms with Crippen LogP contribution in [0.3, 0.4) is 0 Å². The fourth-order valence-corrected chi connectivity index (χ4v) is 2.46. The predicted octanol–water partition coefficient (Wildman–Crippen LogP) is 3.14. The second-order valence-electron chi connectivity index (χ2n) is 5.13. The highest BCUT2D eigenvalue weighted by Crippen LogP contribution is 2.27. The maximum atomic E-state index is 5.18. The quantitative estimate of drug-likeness (QED) is 0.410. The highest BCUT2D eigenvalue weighted by Gasteiger charge is 2.17. The first kappa shape index (κ1) is 17.1. The van der Waals surface area contributed by atoms with Gasteiger partial charge in [-0.05, 0) is 50.4 Å². The van der Waals surface area contributed by atoms with Gasteiger partial charge in [0.15, 0.2) is 5.11 Å². The lowest BCUT2D eigenvalue weighted by Gasteiger charge is -2.09. The molecule has 0 amide bonds. The molecule has 20 heavy (non-hydrogen) atoms. The van der Waals surface area contributed by atoms with E-state index in [2.05, 4.69) is 29.7 Å². The fourth-order valence-electron chi connectivity index (χ4n) is 2.31. The van der Waals surface area contributed by atoms with Crippen LogP contribution in [-0.2, 0) is 4.74 Å². The number of rotatable bonds is 8. The van der Waals surface area contributed by atoms with Crippen LogP contribution in [0.4, 0.5) is 0 Å². The first-order valence-electron chi connectivity index (χ1n) is 7.47. The van der Waals surface area contributed by atoms with Crippen LogP contribution in [0.1, 0.15) is 52.4 Å². The standard InChI is InChI=1S/C15H27N3OS/c1-4-5-6-7-13-12(2)8-9-14(13)17-18-15(20)16-10-11-19-3/h4-11H2,1-3H3,(H2,16,18,20)/b17-14-. The fraction of sp³-hybridized carbons (Fsp3) is 0.733. The molecule has 1 rings (SSSR count). The molecule has 0 heterocycles. The molecule has 0 bridgehead atoms. The minimum atomic E-state index is 0.562. The van der Waals surface area contributed by atoms with E-state index in [4.69, 9.17) is 17.0 Å². The molecule has 4 nitrogen and oxygen atoms in total. The third kappa shape index (κ3) is 6.01. The highest BCUT2D eigenvalue weighted by molar-refractivity contribution is 7.80. The zero-order valence-electron chi connectivity index (χ0n) is 12.9. The highest BCUT2D eigenvalue weighted by atomic mass is 32.1. The van der Waals surface area contributed by atoms with Crippen molar-refractivity contribution in [1.29, 1.82) is 0 Å². The third-order valence-corrected chi connectivity index (χ3v) is 3.75. The van der Waals surface area contributed by atoms with Crippen LogP contribution < -0.4 is 10.7 Å². The largest absolute Gasteiger partial charge is 0.383 e. The van der Waals surface area contributed by atoms with Crippen molar-refractivity contribution in [3.05, 3.63) is 11.1 Å². The van der Waals surface area contributed by atoms with E-state index in [9.17, 15) is 0 Å². The summed E-state index contributed by atoms with van der Waals surface area (Å²) < 4.78 is 4.96. The molecule has 0 atom stereocenters. The first-order chi connectivity index (χ1) is 9.69. The van der Waals surface area contributed by atoms with Gasteiger partial charge in [-0.2, -0.15) is 5.10 Å². The number of allylic oxidation sites excluding steroid dienone is 2.